The van der Waals surface area contributed by atoms with Crippen LogP contribution < -0.4 is 10.6 Å². The number of anilines is 2. The second kappa shape index (κ2) is 7.62. The summed E-state index contributed by atoms with van der Waals surface area (Å²) in [6.07, 6.45) is 7.12. The molecule has 2 N–H and O–H groups in total. The van der Waals surface area contributed by atoms with Gasteiger partial charge in [-0.15, -0.1) is 0 Å². The van der Waals surface area contributed by atoms with Crippen molar-refractivity contribution in [1.82, 2.24) is 9.97 Å². The van der Waals surface area contributed by atoms with E-state index in [2.05, 4.69) is 48.3 Å². The second-order valence-electron chi connectivity index (χ2n) is 6.69. The molecule has 0 aromatic carbocycles. The molecule has 0 radical (unpaired) electrons. The van der Waals surface area contributed by atoms with Crippen LogP contribution in [0, 0.1) is 11.8 Å². The summed E-state index contributed by atoms with van der Waals surface area (Å²) in [6.45, 7) is 10.8. The lowest BCUT2D eigenvalue weighted by atomic mass is 9.82. The molecule has 1 aliphatic carbocycles. The van der Waals surface area contributed by atoms with Gasteiger partial charge >= 0.3 is 0 Å². The van der Waals surface area contributed by atoms with Crippen molar-refractivity contribution in [1.29, 1.82) is 0 Å². The molecule has 1 aromatic heterocycles. The number of nitrogens with zero attached hydrogens (tertiary/aromatic N) is 2. The van der Waals surface area contributed by atoms with Crippen molar-refractivity contribution < 1.29 is 0 Å². The van der Waals surface area contributed by atoms with Crippen LogP contribution in [0.25, 0.3) is 0 Å². The van der Waals surface area contributed by atoms with Crippen LogP contribution in [-0.2, 0) is 0 Å². The lowest BCUT2D eigenvalue weighted by Crippen LogP contribution is -2.22. The summed E-state index contributed by atoms with van der Waals surface area (Å²) in [5.74, 6) is 4.05. The average molecular weight is 290 g/mol. The largest absolute Gasteiger partial charge is 0.370 e. The Morgan fingerprint density at radius 2 is 1.90 bits per heavy atom. The smallest absolute Gasteiger partial charge is 0.134 e. The van der Waals surface area contributed by atoms with Crippen LogP contribution in [0.5, 0.6) is 0 Å². The van der Waals surface area contributed by atoms with Gasteiger partial charge in [-0.05, 0) is 37.5 Å². The first-order valence-corrected chi connectivity index (χ1v) is 8.44. The lowest BCUT2D eigenvalue weighted by Gasteiger charge is -2.27. The minimum Gasteiger partial charge on any atom is -0.370 e. The van der Waals surface area contributed by atoms with E-state index in [-0.39, 0.29) is 0 Å². The van der Waals surface area contributed by atoms with Gasteiger partial charge in [0.25, 0.3) is 0 Å². The van der Waals surface area contributed by atoms with Crippen molar-refractivity contribution in [3.8, 4) is 0 Å². The molecule has 1 heterocycles. The standard InChI is InChI=1S/C17H30N4/c1-5-18-16-15(12(2)3)17(21-11-20-16)19-10-14-8-6-7-13(4)9-14/h11-14H,5-10H2,1-4H3,(H2,18,19,20,21). The molecule has 1 fully saturated rings. The first-order valence-electron chi connectivity index (χ1n) is 8.44. The summed E-state index contributed by atoms with van der Waals surface area (Å²) in [6, 6.07) is 0. The highest BCUT2D eigenvalue weighted by Gasteiger charge is 2.20. The molecule has 0 amide bonds. The monoisotopic (exact) mass is 290 g/mol. The molecule has 0 aliphatic heterocycles. The van der Waals surface area contributed by atoms with Crippen LogP contribution in [0.4, 0.5) is 11.6 Å². The third kappa shape index (κ3) is 4.32. The fourth-order valence-electron chi connectivity index (χ4n) is 3.38. The maximum absolute atomic E-state index is 4.48. The SMILES string of the molecule is CCNc1ncnc(NCC2CCCC(C)C2)c1C(C)C. The summed E-state index contributed by atoms with van der Waals surface area (Å²) in [5.41, 5.74) is 1.21. The quantitative estimate of drug-likeness (QED) is 0.821. The summed E-state index contributed by atoms with van der Waals surface area (Å²) in [7, 11) is 0. The molecule has 4 nitrogen and oxygen atoms in total. The predicted molar refractivity (Wildman–Crippen MR) is 89.9 cm³/mol. The number of hydrogen-bond donors (Lipinski definition) is 2. The number of aromatic nitrogens is 2. The topological polar surface area (TPSA) is 49.8 Å². The van der Waals surface area contributed by atoms with E-state index in [0.717, 1.165) is 36.6 Å². The van der Waals surface area contributed by atoms with Gasteiger partial charge in [0.05, 0.1) is 0 Å². The van der Waals surface area contributed by atoms with Gasteiger partial charge in [-0.25, -0.2) is 9.97 Å². The van der Waals surface area contributed by atoms with Crippen molar-refractivity contribution in [2.75, 3.05) is 23.7 Å². The minimum atomic E-state index is 0.410. The number of rotatable bonds is 6. The van der Waals surface area contributed by atoms with Gasteiger partial charge in [-0.2, -0.15) is 0 Å². The maximum Gasteiger partial charge on any atom is 0.134 e. The summed E-state index contributed by atoms with van der Waals surface area (Å²) >= 11 is 0. The van der Waals surface area contributed by atoms with E-state index >= 15 is 0 Å². The van der Waals surface area contributed by atoms with E-state index in [4.69, 9.17) is 0 Å². The zero-order valence-electron chi connectivity index (χ0n) is 13.9. The molecule has 1 saturated carbocycles. The Morgan fingerprint density at radius 3 is 2.52 bits per heavy atom. The fraction of sp³-hybridized carbons (Fsp3) is 0.765. The van der Waals surface area contributed by atoms with Crippen LogP contribution in [0.3, 0.4) is 0 Å². The van der Waals surface area contributed by atoms with E-state index in [1.165, 1.54) is 31.2 Å². The number of nitrogens with one attached hydrogen (secondary N) is 2. The van der Waals surface area contributed by atoms with E-state index in [1.807, 2.05) is 0 Å². The van der Waals surface area contributed by atoms with Crippen molar-refractivity contribution in [2.45, 2.75) is 59.3 Å². The van der Waals surface area contributed by atoms with E-state index in [0.29, 0.717) is 5.92 Å². The van der Waals surface area contributed by atoms with Gasteiger partial charge in [-0.1, -0.05) is 33.6 Å². The Labute approximate surface area is 129 Å². The molecular weight excluding hydrogens is 260 g/mol. The first-order chi connectivity index (χ1) is 10.1. The number of hydrogen-bond acceptors (Lipinski definition) is 4. The molecule has 1 aromatic rings. The van der Waals surface area contributed by atoms with Gasteiger partial charge in [0.1, 0.15) is 18.0 Å². The van der Waals surface area contributed by atoms with Gasteiger partial charge in [0.2, 0.25) is 0 Å². The Balaban J connectivity index is 2.06. The van der Waals surface area contributed by atoms with Gasteiger partial charge < -0.3 is 10.6 Å². The highest BCUT2D eigenvalue weighted by Crippen LogP contribution is 2.31. The normalized spacial score (nSPS) is 22.3. The maximum atomic E-state index is 4.48. The van der Waals surface area contributed by atoms with Crippen LogP contribution in [-0.4, -0.2) is 23.1 Å². The average Bonchev–Trinajstić information content (AvgIpc) is 2.45. The molecule has 21 heavy (non-hydrogen) atoms. The van der Waals surface area contributed by atoms with Gasteiger partial charge in [0.15, 0.2) is 0 Å². The summed E-state index contributed by atoms with van der Waals surface area (Å²) in [4.78, 5) is 8.88. The molecule has 4 heteroatoms. The van der Waals surface area contributed by atoms with Crippen molar-refractivity contribution >= 4 is 11.6 Å². The molecule has 2 rings (SSSR count). The Hall–Kier alpha value is -1.32. The molecule has 118 valence electrons. The molecule has 0 bridgehead atoms. The summed E-state index contributed by atoms with van der Waals surface area (Å²) < 4.78 is 0. The molecule has 0 saturated heterocycles. The van der Waals surface area contributed by atoms with E-state index < -0.39 is 0 Å². The minimum absolute atomic E-state index is 0.410. The lowest BCUT2D eigenvalue weighted by molar-refractivity contribution is 0.293. The fourth-order valence-corrected chi connectivity index (χ4v) is 3.38. The van der Waals surface area contributed by atoms with E-state index in [1.54, 1.807) is 6.33 Å². The van der Waals surface area contributed by atoms with Crippen LogP contribution in [0.1, 0.15) is 64.9 Å². The molecule has 0 spiro atoms. The highest BCUT2D eigenvalue weighted by atomic mass is 15.1. The highest BCUT2D eigenvalue weighted by molar-refractivity contribution is 5.58. The Kier molecular flexibility index (Phi) is 5.83. The second-order valence-corrected chi connectivity index (χ2v) is 6.69. The Bertz CT molecular complexity index is 444. The zero-order chi connectivity index (χ0) is 15.2. The van der Waals surface area contributed by atoms with Crippen molar-refractivity contribution in [2.24, 2.45) is 11.8 Å². The zero-order valence-corrected chi connectivity index (χ0v) is 13.9. The van der Waals surface area contributed by atoms with Gasteiger partial charge in [0, 0.05) is 18.7 Å². The molecule has 2 atom stereocenters. The predicted octanol–water partition coefficient (Wildman–Crippen LogP) is 4.27. The van der Waals surface area contributed by atoms with Crippen LogP contribution in [0.15, 0.2) is 6.33 Å². The summed E-state index contributed by atoms with van der Waals surface area (Å²) in [5, 5.41) is 6.94. The molecular formula is C17H30N4. The first kappa shape index (κ1) is 16.1. The molecule has 2 unspecified atom stereocenters. The third-order valence-electron chi connectivity index (χ3n) is 4.41. The third-order valence-corrected chi connectivity index (χ3v) is 4.41. The van der Waals surface area contributed by atoms with Crippen molar-refractivity contribution in [3.63, 3.8) is 0 Å². The van der Waals surface area contributed by atoms with E-state index in [9.17, 15) is 0 Å². The van der Waals surface area contributed by atoms with Crippen molar-refractivity contribution in [3.05, 3.63) is 11.9 Å². The Morgan fingerprint density at radius 1 is 1.19 bits per heavy atom. The van der Waals surface area contributed by atoms with Crippen LogP contribution >= 0.6 is 0 Å². The molecule has 1 aliphatic rings. The van der Waals surface area contributed by atoms with Gasteiger partial charge in [-0.3, -0.25) is 0 Å². The van der Waals surface area contributed by atoms with Crippen LogP contribution in [0.2, 0.25) is 0 Å².